The van der Waals surface area contributed by atoms with Crippen molar-refractivity contribution in [1.82, 2.24) is 9.97 Å². The number of ether oxygens (including phenoxy) is 1. The van der Waals surface area contributed by atoms with E-state index in [-0.39, 0.29) is 0 Å². The predicted octanol–water partition coefficient (Wildman–Crippen LogP) is 4.71. The highest BCUT2D eigenvalue weighted by Crippen LogP contribution is 2.27. The van der Waals surface area contributed by atoms with E-state index < -0.39 is 0 Å². The Morgan fingerprint density at radius 3 is 2.83 bits per heavy atom. The lowest BCUT2D eigenvalue weighted by molar-refractivity contribution is 0.412. The van der Waals surface area contributed by atoms with Gasteiger partial charge in [-0.2, -0.15) is 5.26 Å². The molecule has 0 radical (unpaired) electrons. The standard InChI is InChI=1S/C18H14BrN3O/c1-11-3-5-15-16(7-11)22-18(21-15)13(10-20)8-12-4-6-17(23-2)14(19)9-12/h3-9H,1-2H3,(H,21,22). The number of aryl methyl sites for hydroxylation is 1. The van der Waals surface area contributed by atoms with Crippen molar-refractivity contribution in [2.24, 2.45) is 0 Å². The molecular formula is C18H14BrN3O. The number of rotatable bonds is 3. The summed E-state index contributed by atoms with van der Waals surface area (Å²) in [6, 6.07) is 13.8. The Morgan fingerprint density at radius 1 is 1.30 bits per heavy atom. The van der Waals surface area contributed by atoms with E-state index in [4.69, 9.17) is 4.74 Å². The number of H-pyrrole nitrogens is 1. The highest BCUT2D eigenvalue weighted by molar-refractivity contribution is 9.10. The van der Waals surface area contributed by atoms with Crippen LogP contribution in [0, 0.1) is 18.3 Å². The first-order valence-electron chi connectivity index (χ1n) is 7.03. The van der Waals surface area contributed by atoms with Crippen LogP contribution in [0.1, 0.15) is 17.0 Å². The van der Waals surface area contributed by atoms with Crippen LogP contribution < -0.4 is 4.74 Å². The van der Waals surface area contributed by atoms with E-state index in [1.165, 1.54) is 0 Å². The SMILES string of the molecule is COc1ccc(C=C(C#N)c2nc3ccc(C)cc3[nH]2)cc1Br. The number of nitrogens with one attached hydrogen (secondary N) is 1. The first-order chi connectivity index (χ1) is 11.1. The van der Waals surface area contributed by atoms with Crippen LogP contribution in [0.25, 0.3) is 22.7 Å². The van der Waals surface area contributed by atoms with Crippen LogP contribution in [0.15, 0.2) is 40.9 Å². The largest absolute Gasteiger partial charge is 0.496 e. The number of methoxy groups -OCH3 is 1. The van der Waals surface area contributed by atoms with Crippen LogP contribution in [-0.2, 0) is 0 Å². The summed E-state index contributed by atoms with van der Waals surface area (Å²) in [5, 5.41) is 9.48. The molecule has 0 saturated heterocycles. The summed E-state index contributed by atoms with van der Waals surface area (Å²) in [4.78, 5) is 7.70. The molecule has 23 heavy (non-hydrogen) atoms. The quantitative estimate of drug-likeness (QED) is 0.682. The average Bonchev–Trinajstić information content (AvgIpc) is 2.95. The van der Waals surface area contributed by atoms with Crippen LogP contribution in [0.4, 0.5) is 0 Å². The second kappa shape index (κ2) is 6.27. The molecule has 0 aliphatic heterocycles. The van der Waals surface area contributed by atoms with Crippen molar-refractivity contribution >= 4 is 38.6 Å². The molecule has 0 saturated carbocycles. The topological polar surface area (TPSA) is 61.7 Å². The number of nitrogens with zero attached hydrogens (tertiary/aromatic N) is 2. The number of hydrogen-bond donors (Lipinski definition) is 1. The monoisotopic (exact) mass is 367 g/mol. The Morgan fingerprint density at radius 2 is 2.13 bits per heavy atom. The molecule has 4 nitrogen and oxygen atoms in total. The van der Waals surface area contributed by atoms with Crippen molar-refractivity contribution in [2.75, 3.05) is 7.11 Å². The van der Waals surface area contributed by atoms with E-state index in [1.807, 2.05) is 43.3 Å². The lowest BCUT2D eigenvalue weighted by atomic mass is 10.1. The highest BCUT2D eigenvalue weighted by atomic mass is 79.9. The molecule has 0 spiro atoms. The van der Waals surface area contributed by atoms with Gasteiger partial charge in [0.15, 0.2) is 0 Å². The molecule has 0 aliphatic carbocycles. The number of hydrogen-bond acceptors (Lipinski definition) is 3. The van der Waals surface area contributed by atoms with Gasteiger partial charge in [0.1, 0.15) is 17.6 Å². The van der Waals surface area contributed by atoms with E-state index in [9.17, 15) is 5.26 Å². The molecule has 0 aliphatic rings. The summed E-state index contributed by atoms with van der Waals surface area (Å²) >= 11 is 3.45. The van der Waals surface area contributed by atoms with E-state index >= 15 is 0 Å². The van der Waals surface area contributed by atoms with Gasteiger partial charge in [0.2, 0.25) is 0 Å². The van der Waals surface area contributed by atoms with Crippen molar-refractivity contribution < 1.29 is 4.74 Å². The number of fused-ring (bicyclic) bond motifs is 1. The fourth-order valence-corrected chi connectivity index (χ4v) is 2.90. The fourth-order valence-electron chi connectivity index (χ4n) is 2.34. The van der Waals surface area contributed by atoms with Crippen LogP contribution in [-0.4, -0.2) is 17.1 Å². The summed E-state index contributed by atoms with van der Waals surface area (Å²) in [5.74, 6) is 1.32. The Hall–Kier alpha value is -2.58. The van der Waals surface area contributed by atoms with Gasteiger partial charge in [-0.25, -0.2) is 4.98 Å². The normalized spacial score (nSPS) is 11.5. The maximum atomic E-state index is 9.48. The van der Waals surface area contributed by atoms with Crippen LogP contribution in [0.2, 0.25) is 0 Å². The van der Waals surface area contributed by atoms with Gasteiger partial charge in [-0.05, 0) is 64.3 Å². The number of allylic oxidation sites excluding steroid dienone is 1. The molecule has 1 aromatic heterocycles. The molecule has 114 valence electrons. The molecule has 3 rings (SSSR count). The summed E-state index contributed by atoms with van der Waals surface area (Å²) in [6.45, 7) is 2.02. The van der Waals surface area contributed by atoms with E-state index in [0.717, 1.165) is 32.4 Å². The lowest BCUT2D eigenvalue weighted by Crippen LogP contribution is -1.87. The molecule has 0 amide bonds. The Bertz CT molecular complexity index is 951. The molecule has 0 unspecified atom stereocenters. The number of imidazole rings is 1. The van der Waals surface area contributed by atoms with E-state index in [0.29, 0.717) is 11.4 Å². The molecular weight excluding hydrogens is 354 g/mol. The zero-order valence-electron chi connectivity index (χ0n) is 12.7. The maximum absolute atomic E-state index is 9.48. The highest BCUT2D eigenvalue weighted by Gasteiger charge is 2.09. The van der Waals surface area contributed by atoms with Crippen molar-refractivity contribution in [3.05, 3.63) is 57.8 Å². The average molecular weight is 368 g/mol. The second-order valence-corrected chi connectivity index (χ2v) is 6.02. The zero-order chi connectivity index (χ0) is 16.4. The minimum Gasteiger partial charge on any atom is -0.496 e. The summed E-state index contributed by atoms with van der Waals surface area (Å²) < 4.78 is 6.06. The molecule has 3 aromatic rings. The predicted molar refractivity (Wildman–Crippen MR) is 95.0 cm³/mol. The minimum absolute atomic E-state index is 0.482. The van der Waals surface area contributed by atoms with Gasteiger partial charge in [-0.3, -0.25) is 0 Å². The minimum atomic E-state index is 0.482. The molecule has 0 bridgehead atoms. The molecule has 0 atom stereocenters. The first-order valence-corrected chi connectivity index (χ1v) is 7.82. The Balaban J connectivity index is 2.04. The third kappa shape index (κ3) is 3.13. The Labute approximate surface area is 142 Å². The van der Waals surface area contributed by atoms with Gasteiger partial charge in [0.05, 0.1) is 28.2 Å². The Kier molecular flexibility index (Phi) is 4.18. The number of benzene rings is 2. The third-order valence-electron chi connectivity index (χ3n) is 3.50. The zero-order valence-corrected chi connectivity index (χ0v) is 14.3. The number of halogens is 1. The number of aromatic nitrogens is 2. The van der Waals surface area contributed by atoms with Crippen molar-refractivity contribution in [3.8, 4) is 11.8 Å². The van der Waals surface area contributed by atoms with Gasteiger partial charge < -0.3 is 9.72 Å². The molecule has 1 N–H and O–H groups in total. The number of aromatic amines is 1. The van der Waals surface area contributed by atoms with Crippen LogP contribution in [0.5, 0.6) is 5.75 Å². The smallest absolute Gasteiger partial charge is 0.149 e. The molecule has 2 aromatic carbocycles. The summed E-state index contributed by atoms with van der Waals surface area (Å²) in [6.07, 6.45) is 1.80. The van der Waals surface area contributed by atoms with Crippen LogP contribution >= 0.6 is 15.9 Å². The van der Waals surface area contributed by atoms with Gasteiger partial charge in [0, 0.05) is 0 Å². The van der Waals surface area contributed by atoms with Crippen molar-refractivity contribution in [2.45, 2.75) is 6.92 Å². The number of nitriles is 1. The molecule has 5 heteroatoms. The van der Waals surface area contributed by atoms with Gasteiger partial charge in [0.25, 0.3) is 0 Å². The molecule has 1 heterocycles. The first kappa shape index (κ1) is 15.3. The van der Waals surface area contributed by atoms with Crippen LogP contribution in [0.3, 0.4) is 0 Å². The summed E-state index contributed by atoms with van der Waals surface area (Å²) in [5.41, 5.74) is 4.30. The third-order valence-corrected chi connectivity index (χ3v) is 4.12. The van der Waals surface area contributed by atoms with Gasteiger partial charge >= 0.3 is 0 Å². The van der Waals surface area contributed by atoms with Crippen molar-refractivity contribution in [1.29, 1.82) is 5.26 Å². The van der Waals surface area contributed by atoms with E-state index in [1.54, 1.807) is 13.2 Å². The lowest BCUT2D eigenvalue weighted by Gasteiger charge is -2.03. The van der Waals surface area contributed by atoms with Gasteiger partial charge in [-0.1, -0.05) is 12.1 Å². The molecule has 0 fully saturated rings. The maximum Gasteiger partial charge on any atom is 0.149 e. The second-order valence-electron chi connectivity index (χ2n) is 5.17. The fraction of sp³-hybridized carbons (Fsp3) is 0.111. The van der Waals surface area contributed by atoms with Gasteiger partial charge in [-0.15, -0.1) is 0 Å². The van der Waals surface area contributed by atoms with Crippen molar-refractivity contribution in [3.63, 3.8) is 0 Å². The summed E-state index contributed by atoms with van der Waals surface area (Å²) in [7, 11) is 1.62. The van der Waals surface area contributed by atoms with E-state index in [2.05, 4.69) is 32.0 Å².